The van der Waals surface area contributed by atoms with Gasteiger partial charge in [-0.25, -0.2) is 9.37 Å². The van der Waals surface area contributed by atoms with Crippen LogP contribution >= 0.6 is 0 Å². The number of carbonyl (C=O) groups is 1. The Morgan fingerprint density at radius 3 is 2.59 bits per heavy atom. The van der Waals surface area contributed by atoms with Gasteiger partial charge in [-0.05, 0) is 13.0 Å². The van der Waals surface area contributed by atoms with Crippen LogP contribution in [0.3, 0.4) is 0 Å². The minimum absolute atomic E-state index is 0.113. The number of benzene rings is 1. The number of halogens is 5. The van der Waals surface area contributed by atoms with Crippen molar-refractivity contribution < 1.29 is 41.3 Å². The number of amides is 1. The number of ether oxygens (including phenoxy) is 2. The number of nitrogens with zero attached hydrogens (tertiary/aromatic N) is 2. The topological polar surface area (TPSA) is 93.6 Å². The van der Waals surface area contributed by atoms with Gasteiger partial charge in [0.1, 0.15) is 6.10 Å². The van der Waals surface area contributed by atoms with Crippen LogP contribution in [0.1, 0.15) is 31.0 Å². The lowest BCUT2D eigenvalue weighted by Crippen LogP contribution is -2.47. The van der Waals surface area contributed by atoms with E-state index in [0.29, 0.717) is 0 Å². The summed E-state index contributed by atoms with van der Waals surface area (Å²) in [5, 5.41) is 11.5. The first kappa shape index (κ1) is 23.8. The molecule has 1 fully saturated rings. The minimum atomic E-state index is -4.87. The second-order valence-corrected chi connectivity index (χ2v) is 7.48. The van der Waals surface area contributed by atoms with Gasteiger partial charge in [0.2, 0.25) is 5.82 Å². The first-order valence-corrected chi connectivity index (χ1v) is 9.43. The van der Waals surface area contributed by atoms with E-state index in [1.54, 1.807) is 0 Å². The Hall–Kier alpha value is -2.86. The molecule has 2 N–H and O–H groups in total. The van der Waals surface area contributed by atoms with Crippen molar-refractivity contribution in [2.75, 3.05) is 12.4 Å². The van der Waals surface area contributed by atoms with Crippen molar-refractivity contribution in [3.63, 3.8) is 0 Å². The van der Waals surface area contributed by atoms with E-state index in [1.165, 1.54) is 13.1 Å². The van der Waals surface area contributed by atoms with Crippen LogP contribution in [-0.4, -0.2) is 46.0 Å². The van der Waals surface area contributed by atoms with E-state index in [0.717, 1.165) is 32.4 Å². The van der Waals surface area contributed by atoms with Crippen LogP contribution < -0.4 is 10.1 Å². The Labute approximate surface area is 179 Å². The largest absolute Gasteiger partial charge is 0.493 e. The highest BCUT2D eigenvalue weighted by atomic mass is 19.4. The van der Waals surface area contributed by atoms with Crippen LogP contribution in [-0.2, 0) is 16.1 Å². The minimum Gasteiger partial charge on any atom is -0.493 e. The van der Waals surface area contributed by atoms with Crippen molar-refractivity contribution in [3.8, 4) is 5.75 Å². The van der Waals surface area contributed by atoms with Gasteiger partial charge in [-0.1, -0.05) is 13.0 Å². The van der Waals surface area contributed by atoms with Crippen LogP contribution in [0.4, 0.5) is 27.8 Å². The molecular weight excluding hydrogens is 441 g/mol. The second kappa shape index (κ2) is 8.58. The van der Waals surface area contributed by atoms with Crippen molar-refractivity contribution in [3.05, 3.63) is 47.4 Å². The molecule has 3 rings (SSSR count). The van der Waals surface area contributed by atoms with Gasteiger partial charge in [0.15, 0.2) is 23.0 Å². The molecule has 4 atom stereocenters. The molecule has 12 heteroatoms. The molecule has 0 unspecified atom stereocenters. The van der Waals surface area contributed by atoms with E-state index >= 15 is 0 Å². The van der Waals surface area contributed by atoms with Gasteiger partial charge in [-0.15, -0.1) is 0 Å². The molecule has 2 heterocycles. The summed E-state index contributed by atoms with van der Waals surface area (Å²) in [5.41, 5.74) is -2.81. The van der Waals surface area contributed by atoms with Crippen molar-refractivity contribution in [2.24, 2.45) is 5.92 Å². The van der Waals surface area contributed by atoms with Gasteiger partial charge < -0.3 is 19.9 Å². The van der Waals surface area contributed by atoms with Crippen LogP contribution in [0.15, 0.2) is 24.5 Å². The van der Waals surface area contributed by atoms with E-state index in [4.69, 9.17) is 14.6 Å². The van der Waals surface area contributed by atoms with E-state index < -0.39 is 59.6 Å². The Balaban J connectivity index is 2.07. The zero-order valence-corrected chi connectivity index (χ0v) is 17.2. The molecule has 1 aliphatic rings. The van der Waals surface area contributed by atoms with E-state index in [2.05, 4.69) is 15.3 Å². The fourth-order valence-corrected chi connectivity index (χ4v) is 3.78. The van der Waals surface area contributed by atoms with Crippen LogP contribution in [0.2, 0.25) is 0 Å². The molecule has 0 saturated carbocycles. The summed E-state index contributed by atoms with van der Waals surface area (Å²) >= 11 is 0. The number of hydrogen-bond acceptors (Lipinski definition) is 6. The molecule has 32 heavy (non-hydrogen) atoms. The molecule has 0 aliphatic carbocycles. The first-order valence-electron chi connectivity index (χ1n) is 9.43. The van der Waals surface area contributed by atoms with Crippen molar-refractivity contribution in [2.45, 2.75) is 44.3 Å². The van der Waals surface area contributed by atoms with Crippen LogP contribution in [0.5, 0.6) is 5.75 Å². The monoisotopic (exact) mass is 461 g/mol. The molecule has 7 nitrogen and oxygen atoms in total. The summed E-state index contributed by atoms with van der Waals surface area (Å²) in [6, 6.07) is 1.81. The summed E-state index contributed by atoms with van der Waals surface area (Å²) in [5.74, 6) is -7.13. The number of nitrogens with one attached hydrogen (secondary N) is 1. The Morgan fingerprint density at radius 2 is 2.00 bits per heavy atom. The number of alkyl halides is 3. The zero-order chi connectivity index (χ0) is 23.8. The third kappa shape index (κ3) is 3.99. The van der Waals surface area contributed by atoms with Gasteiger partial charge in [-0.3, -0.25) is 9.78 Å². The molecule has 1 aromatic carbocycles. The lowest BCUT2D eigenvalue weighted by Gasteiger charge is -2.32. The normalized spacial score (nSPS) is 25.6. The maximum absolute atomic E-state index is 14.3. The summed E-state index contributed by atoms with van der Waals surface area (Å²) in [4.78, 5) is 20.6. The summed E-state index contributed by atoms with van der Waals surface area (Å²) in [7, 11) is 1.04. The number of carbonyl (C=O) groups excluding carboxylic acids is 1. The predicted octanol–water partition coefficient (Wildman–Crippen LogP) is 3.33. The van der Waals surface area contributed by atoms with E-state index in [9.17, 15) is 26.7 Å². The number of aliphatic hydroxyl groups excluding tert-OH is 1. The van der Waals surface area contributed by atoms with Gasteiger partial charge in [0.25, 0.3) is 5.91 Å². The highest BCUT2D eigenvalue weighted by molar-refractivity contribution is 5.94. The first-order chi connectivity index (χ1) is 14.9. The molecule has 2 aromatic rings. The molecule has 174 valence electrons. The molecule has 1 aliphatic heterocycles. The number of rotatable bonds is 5. The molecule has 0 radical (unpaired) electrons. The zero-order valence-electron chi connectivity index (χ0n) is 17.2. The number of methoxy groups -OCH3 is 1. The highest BCUT2D eigenvalue weighted by Gasteiger charge is 2.65. The standard InChI is InChI=1S/C20H20F5N3O4/c1-9-14(11-4-5-12(21)15(22)16(11)31-3)17(32-19(9,2)20(23,24)25)18(30)28-13-7-26-6-10(8-29)27-13/h4-7,9,14,17,29H,8H2,1-3H3,(H,27,28,30)/t9-,14-,17+,19+/m0/s1. The number of aromatic nitrogens is 2. The van der Waals surface area contributed by atoms with E-state index in [-0.39, 0.29) is 17.1 Å². The Kier molecular flexibility index (Phi) is 6.38. The maximum Gasteiger partial charge on any atom is 0.417 e. The van der Waals surface area contributed by atoms with Crippen molar-refractivity contribution in [1.29, 1.82) is 0 Å². The van der Waals surface area contributed by atoms with Crippen LogP contribution in [0, 0.1) is 17.6 Å². The fraction of sp³-hybridized carbons (Fsp3) is 0.450. The number of aliphatic hydroxyl groups is 1. The maximum atomic E-state index is 14.3. The molecule has 0 spiro atoms. The van der Waals surface area contributed by atoms with Crippen molar-refractivity contribution in [1.82, 2.24) is 9.97 Å². The van der Waals surface area contributed by atoms with Gasteiger partial charge in [0.05, 0.1) is 31.8 Å². The second-order valence-electron chi connectivity index (χ2n) is 7.48. The molecule has 1 saturated heterocycles. The molecule has 1 aromatic heterocycles. The van der Waals surface area contributed by atoms with Gasteiger partial charge >= 0.3 is 6.18 Å². The third-order valence-corrected chi connectivity index (χ3v) is 5.67. The van der Waals surface area contributed by atoms with Crippen LogP contribution in [0.25, 0.3) is 0 Å². The number of hydrogen-bond donors (Lipinski definition) is 2. The highest BCUT2D eigenvalue weighted by Crippen LogP contribution is 2.54. The summed E-state index contributed by atoms with van der Waals surface area (Å²) < 4.78 is 79.9. The van der Waals surface area contributed by atoms with Gasteiger partial charge in [0, 0.05) is 17.4 Å². The average molecular weight is 461 g/mol. The third-order valence-electron chi connectivity index (χ3n) is 5.67. The molecule has 0 bridgehead atoms. The Bertz CT molecular complexity index is 1020. The van der Waals surface area contributed by atoms with Crippen molar-refractivity contribution >= 4 is 11.7 Å². The summed E-state index contributed by atoms with van der Waals surface area (Å²) in [6.45, 7) is 1.52. The number of anilines is 1. The SMILES string of the molecule is COc1c([C@H]2[C@H](C(=O)Nc3cncc(CO)n3)O[C@@](C)(C(F)(F)F)[C@H]2C)ccc(F)c1F. The quantitative estimate of drug-likeness (QED) is 0.664. The smallest absolute Gasteiger partial charge is 0.417 e. The predicted molar refractivity (Wildman–Crippen MR) is 101 cm³/mol. The van der Waals surface area contributed by atoms with E-state index in [1.807, 2.05) is 0 Å². The Morgan fingerprint density at radius 1 is 1.31 bits per heavy atom. The lowest BCUT2D eigenvalue weighted by molar-refractivity contribution is -0.272. The molecule has 1 amide bonds. The average Bonchev–Trinajstić information content (AvgIpc) is 3.02. The fourth-order valence-electron chi connectivity index (χ4n) is 3.78. The van der Waals surface area contributed by atoms with Gasteiger partial charge in [-0.2, -0.15) is 17.6 Å². The molecular formula is C20H20F5N3O4. The lowest BCUT2D eigenvalue weighted by atomic mass is 9.77. The summed E-state index contributed by atoms with van der Waals surface area (Å²) in [6.07, 6.45) is -4.26.